The lowest BCUT2D eigenvalue weighted by atomic mass is 9.98. The van der Waals surface area contributed by atoms with E-state index in [-0.39, 0.29) is 6.01 Å². The fourth-order valence-electron chi connectivity index (χ4n) is 1.64. The van der Waals surface area contributed by atoms with Gasteiger partial charge in [0.05, 0.1) is 6.20 Å². The van der Waals surface area contributed by atoms with Crippen LogP contribution in [0, 0.1) is 20.8 Å². The molecule has 0 aliphatic rings. The highest BCUT2D eigenvalue weighted by Gasteiger charge is 2.09. The zero-order chi connectivity index (χ0) is 11.0. The molecule has 0 aliphatic carbocycles. The predicted octanol–water partition coefficient (Wildman–Crippen LogP) is 2.85. The second-order valence-corrected chi connectivity index (χ2v) is 3.74. The normalized spacial score (nSPS) is 10.6. The van der Waals surface area contributed by atoms with Crippen molar-refractivity contribution in [3.05, 3.63) is 35.0 Å². The monoisotopic (exact) mass is 202 g/mol. The molecule has 0 fully saturated rings. The van der Waals surface area contributed by atoms with Crippen molar-refractivity contribution in [3.8, 4) is 11.3 Å². The van der Waals surface area contributed by atoms with Crippen molar-refractivity contribution in [3.63, 3.8) is 0 Å². The Labute approximate surface area is 88.9 Å². The van der Waals surface area contributed by atoms with Gasteiger partial charge in [0.25, 0.3) is 6.01 Å². The molecule has 0 saturated heterocycles. The quantitative estimate of drug-likeness (QED) is 0.773. The van der Waals surface area contributed by atoms with E-state index in [0.29, 0.717) is 0 Å². The molecular formula is C12H14N2O. The summed E-state index contributed by atoms with van der Waals surface area (Å²) in [6, 6.07) is 4.33. The number of anilines is 1. The van der Waals surface area contributed by atoms with Gasteiger partial charge in [-0.1, -0.05) is 12.1 Å². The van der Waals surface area contributed by atoms with Crippen LogP contribution in [0.25, 0.3) is 11.3 Å². The van der Waals surface area contributed by atoms with Crippen LogP contribution in [-0.2, 0) is 0 Å². The highest BCUT2D eigenvalue weighted by Crippen LogP contribution is 2.28. The van der Waals surface area contributed by atoms with Crippen LogP contribution in [0.15, 0.2) is 22.7 Å². The first-order chi connectivity index (χ1) is 7.09. The van der Waals surface area contributed by atoms with E-state index in [0.717, 1.165) is 11.3 Å². The molecule has 3 heteroatoms. The molecule has 2 N–H and O–H groups in total. The summed E-state index contributed by atoms with van der Waals surface area (Å²) in [5.74, 6) is 0.730. The Hall–Kier alpha value is -1.77. The number of oxazole rings is 1. The van der Waals surface area contributed by atoms with Crippen LogP contribution in [0.1, 0.15) is 16.7 Å². The van der Waals surface area contributed by atoms with E-state index in [1.54, 1.807) is 6.20 Å². The van der Waals surface area contributed by atoms with Crippen molar-refractivity contribution in [2.75, 3.05) is 5.73 Å². The lowest BCUT2D eigenvalue weighted by molar-refractivity contribution is 0.594. The van der Waals surface area contributed by atoms with E-state index in [1.165, 1.54) is 16.7 Å². The third-order valence-corrected chi connectivity index (χ3v) is 2.85. The third kappa shape index (κ3) is 1.61. The molecule has 1 aromatic heterocycles. The van der Waals surface area contributed by atoms with Crippen LogP contribution in [-0.4, -0.2) is 4.98 Å². The summed E-state index contributed by atoms with van der Waals surface area (Å²) < 4.78 is 5.31. The molecule has 0 bridgehead atoms. The zero-order valence-corrected chi connectivity index (χ0v) is 9.16. The maximum Gasteiger partial charge on any atom is 0.292 e. The van der Waals surface area contributed by atoms with Gasteiger partial charge in [-0.2, -0.15) is 0 Å². The summed E-state index contributed by atoms with van der Waals surface area (Å²) in [6.45, 7) is 6.28. The van der Waals surface area contributed by atoms with Gasteiger partial charge in [-0.05, 0) is 37.5 Å². The summed E-state index contributed by atoms with van der Waals surface area (Å²) in [7, 11) is 0. The molecule has 0 atom stereocenters. The SMILES string of the molecule is Cc1ccc(-c2cnc(N)o2)c(C)c1C. The molecule has 3 nitrogen and oxygen atoms in total. The van der Waals surface area contributed by atoms with Crippen molar-refractivity contribution in [2.45, 2.75) is 20.8 Å². The predicted molar refractivity (Wildman–Crippen MR) is 60.6 cm³/mol. The van der Waals surface area contributed by atoms with Crippen LogP contribution in [0.4, 0.5) is 6.01 Å². The molecule has 0 aliphatic heterocycles. The van der Waals surface area contributed by atoms with Crippen LogP contribution >= 0.6 is 0 Å². The minimum atomic E-state index is 0.211. The smallest absolute Gasteiger partial charge is 0.292 e. The van der Waals surface area contributed by atoms with Gasteiger partial charge < -0.3 is 10.2 Å². The Balaban J connectivity index is 2.59. The average molecular weight is 202 g/mol. The zero-order valence-electron chi connectivity index (χ0n) is 9.16. The van der Waals surface area contributed by atoms with Crippen LogP contribution in [0.2, 0.25) is 0 Å². The first-order valence-corrected chi connectivity index (χ1v) is 4.88. The van der Waals surface area contributed by atoms with Gasteiger partial charge in [0, 0.05) is 5.56 Å². The van der Waals surface area contributed by atoms with E-state index in [2.05, 4.69) is 31.8 Å². The molecule has 1 aromatic carbocycles. The third-order valence-electron chi connectivity index (χ3n) is 2.85. The van der Waals surface area contributed by atoms with Crippen LogP contribution < -0.4 is 5.73 Å². The van der Waals surface area contributed by atoms with Crippen molar-refractivity contribution in [2.24, 2.45) is 0 Å². The lowest BCUT2D eigenvalue weighted by Gasteiger charge is -2.08. The number of nitrogen functional groups attached to an aromatic ring is 1. The van der Waals surface area contributed by atoms with Gasteiger partial charge >= 0.3 is 0 Å². The Bertz CT molecular complexity index is 500. The highest BCUT2D eigenvalue weighted by molar-refractivity contribution is 5.64. The van der Waals surface area contributed by atoms with Gasteiger partial charge in [0.1, 0.15) is 0 Å². The molecule has 1 heterocycles. The highest BCUT2D eigenvalue weighted by atomic mass is 16.4. The number of hydrogen-bond donors (Lipinski definition) is 1. The van der Waals surface area contributed by atoms with Crippen molar-refractivity contribution in [1.29, 1.82) is 0 Å². The molecule has 0 saturated carbocycles. The number of aryl methyl sites for hydroxylation is 1. The van der Waals surface area contributed by atoms with Gasteiger partial charge in [0.2, 0.25) is 0 Å². The number of nitrogens with zero attached hydrogens (tertiary/aromatic N) is 1. The maximum atomic E-state index is 5.46. The topological polar surface area (TPSA) is 52.0 Å². The lowest BCUT2D eigenvalue weighted by Crippen LogP contribution is -1.89. The Morgan fingerprint density at radius 3 is 2.47 bits per heavy atom. The summed E-state index contributed by atoms with van der Waals surface area (Å²) >= 11 is 0. The minimum absolute atomic E-state index is 0.211. The molecule has 0 radical (unpaired) electrons. The molecule has 15 heavy (non-hydrogen) atoms. The summed E-state index contributed by atoms with van der Waals surface area (Å²) in [5, 5.41) is 0. The Morgan fingerprint density at radius 1 is 1.13 bits per heavy atom. The van der Waals surface area contributed by atoms with E-state index in [9.17, 15) is 0 Å². The second-order valence-electron chi connectivity index (χ2n) is 3.74. The molecular weight excluding hydrogens is 188 g/mol. The van der Waals surface area contributed by atoms with Crippen molar-refractivity contribution in [1.82, 2.24) is 4.98 Å². The van der Waals surface area contributed by atoms with Crippen LogP contribution in [0.3, 0.4) is 0 Å². The standard InChI is InChI=1S/C12H14N2O/c1-7-4-5-10(9(3)8(7)2)11-6-14-12(13)15-11/h4-6H,1-3H3,(H2,13,14). The van der Waals surface area contributed by atoms with Crippen molar-refractivity contribution < 1.29 is 4.42 Å². The van der Waals surface area contributed by atoms with Gasteiger partial charge in [0.15, 0.2) is 5.76 Å². The number of aromatic nitrogens is 1. The van der Waals surface area contributed by atoms with Gasteiger partial charge in [-0.15, -0.1) is 0 Å². The van der Waals surface area contributed by atoms with Gasteiger partial charge in [-0.25, -0.2) is 4.98 Å². The first kappa shape index (κ1) is 9.77. The molecule has 0 unspecified atom stereocenters. The molecule has 78 valence electrons. The largest absolute Gasteiger partial charge is 0.424 e. The van der Waals surface area contributed by atoms with E-state index in [1.807, 2.05) is 6.07 Å². The van der Waals surface area contributed by atoms with E-state index in [4.69, 9.17) is 10.2 Å². The van der Waals surface area contributed by atoms with Gasteiger partial charge in [-0.3, -0.25) is 0 Å². The number of benzene rings is 1. The number of rotatable bonds is 1. The summed E-state index contributed by atoms with van der Waals surface area (Å²) in [5.41, 5.74) is 10.3. The van der Waals surface area contributed by atoms with E-state index < -0.39 is 0 Å². The summed E-state index contributed by atoms with van der Waals surface area (Å²) in [6.07, 6.45) is 1.66. The average Bonchev–Trinajstić information content (AvgIpc) is 2.61. The Morgan fingerprint density at radius 2 is 1.87 bits per heavy atom. The Kier molecular flexibility index (Phi) is 2.23. The van der Waals surface area contributed by atoms with E-state index >= 15 is 0 Å². The fraction of sp³-hybridized carbons (Fsp3) is 0.250. The molecule has 2 aromatic rings. The molecule has 2 rings (SSSR count). The molecule has 0 spiro atoms. The van der Waals surface area contributed by atoms with Crippen LogP contribution in [0.5, 0.6) is 0 Å². The van der Waals surface area contributed by atoms with Crippen molar-refractivity contribution >= 4 is 6.01 Å². The summed E-state index contributed by atoms with van der Waals surface area (Å²) in [4.78, 5) is 3.90. The maximum absolute atomic E-state index is 5.46. The minimum Gasteiger partial charge on any atom is -0.424 e. The number of hydrogen-bond acceptors (Lipinski definition) is 3. The molecule has 0 amide bonds. The first-order valence-electron chi connectivity index (χ1n) is 4.88. The fourth-order valence-corrected chi connectivity index (χ4v) is 1.64. The number of nitrogens with two attached hydrogens (primary N) is 1. The second kappa shape index (κ2) is 3.42.